The molecular weight excluding hydrogens is 286 g/mol. The maximum absolute atomic E-state index is 11.2. The van der Waals surface area contributed by atoms with Crippen LogP contribution in [0.15, 0.2) is 48.7 Å². The van der Waals surface area contributed by atoms with E-state index in [1.54, 1.807) is 6.07 Å². The Labute approximate surface area is 127 Å². The lowest BCUT2D eigenvalue weighted by Crippen LogP contribution is -1.99. The molecule has 2 aromatic carbocycles. The number of benzene rings is 2. The van der Waals surface area contributed by atoms with Gasteiger partial charge in [-0.05, 0) is 23.3 Å². The fraction of sp³-hybridized carbons (Fsp3) is 0.118. The van der Waals surface area contributed by atoms with Crippen molar-refractivity contribution >= 4 is 28.8 Å². The van der Waals surface area contributed by atoms with Crippen LogP contribution in [0.25, 0.3) is 10.9 Å². The van der Waals surface area contributed by atoms with E-state index in [1.165, 1.54) is 0 Å². The molecule has 0 atom stereocenters. The number of carbonyl (C=O) groups excluding carboxylic acids is 1. The second kappa shape index (κ2) is 5.72. The van der Waals surface area contributed by atoms with Crippen LogP contribution in [0.3, 0.4) is 0 Å². The molecule has 0 amide bonds. The molecule has 0 saturated carbocycles. The Balaban J connectivity index is 2.04. The van der Waals surface area contributed by atoms with Crippen LogP contribution in [-0.4, -0.2) is 16.0 Å². The summed E-state index contributed by atoms with van der Waals surface area (Å²) < 4.78 is 2.03. The molecule has 0 spiro atoms. The monoisotopic (exact) mass is 299 g/mol. The highest BCUT2D eigenvalue weighted by molar-refractivity contribution is 6.31. The summed E-state index contributed by atoms with van der Waals surface area (Å²) in [7, 11) is 0. The van der Waals surface area contributed by atoms with Crippen molar-refractivity contribution < 1.29 is 9.90 Å². The van der Waals surface area contributed by atoms with Gasteiger partial charge in [0.1, 0.15) is 0 Å². The Kier molecular flexibility index (Phi) is 3.78. The number of rotatable bonds is 4. The molecule has 1 aromatic heterocycles. The predicted octanol–water partition coefficient (Wildman–Crippen LogP) is 3.65. The van der Waals surface area contributed by atoms with Crippen molar-refractivity contribution in [1.82, 2.24) is 4.57 Å². The summed E-state index contributed by atoms with van der Waals surface area (Å²) in [5.41, 5.74) is 3.44. The maximum Gasteiger partial charge on any atom is 0.152 e. The largest absolute Gasteiger partial charge is 0.392 e. The molecule has 0 fully saturated rings. The number of nitrogens with zero attached hydrogens (tertiary/aromatic N) is 1. The molecule has 0 aliphatic carbocycles. The normalized spacial score (nSPS) is 11.0. The minimum absolute atomic E-state index is 0.0846. The van der Waals surface area contributed by atoms with Gasteiger partial charge in [0, 0.05) is 34.2 Å². The average molecular weight is 300 g/mol. The average Bonchev–Trinajstić information content (AvgIpc) is 2.87. The van der Waals surface area contributed by atoms with Crippen LogP contribution in [0.5, 0.6) is 0 Å². The van der Waals surface area contributed by atoms with Gasteiger partial charge in [0.05, 0.1) is 6.61 Å². The second-order valence-corrected chi connectivity index (χ2v) is 5.34. The zero-order valence-electron chi connectivity index (χ0n) is 11.3. The first-order chi connectivity index (χ1) is 10.2. The van der Waals surface area contributed by atoms with Crippen LogP contribution in [-0.2, 0) is 13.2 Å². The number of aromatic nitrogens is 1. The molecular formula is C17H14ClNO2. The lowest BCUT2D eigenvalue weighted by molar-refractivity contribution is 0.112. The van der Waals surface area contributed by atoms with E-state index in [9.17, 15) is 9.90 Å². The van der Waals surface area contributed by atoms with Gasteiger partial charge in [-0.15, -0.1) is 0 Å². The number of carbonyl (C=O) groups is 1. The highest BCUT2D eigenvalue weighted by Crippen LogP contribution is 2.23. The van der Waals surface area contributed by atoms with E-state index in [1.807, 2.05) is 47.2 Å². The zero-order chi connectivity index (χ0) is 14.8. The van der Waals surface area contributed by atoms with Crippen molar-refractivity contribution in [2.45, 2.75) is 13.2 Å². The summed E-state index contributed by atoms with van der Waals surface area (Å²) in [5, 5.41) is 10.8. The molecule has 21 heavy (non-hydrogen) atoms. The van der Waals surface area contributed by atoms with Crippen molar-refractivity contribution in [2.75, 3.05) is 0 Å². The number of hydrogen-bond donors (Lipinski definition) is 1. The summed E-state index contributed by atoms with van der Waals surface area (Å²) in [6.45, 7) is 0.539. The summed E-state index contributed by atoms with van der Waals surface area (Å²) in [5.74, 6) is 0. The van der Waals surface area contributed by atoms with Crippen molar-refractivity contribution in [3.8, 4) is 0 Å². The van der Waals surface area contributed by atoms with Gasteiger partial charge >= 0.3 is 0 Å². The Morgan fingerprint density at radius 3 is 2.76 bits per heavy atom. The van der Waals surface area contributed by atoms with Gasteiger partial charge in [-0.25, -0.2) is 0 Å². The third-order valence-corrected chi connectivity index (χ3v) is 3.95. The summed E-state index contributed by atoms with van der Waals surface area (Å²) in [6.07, 6.45) is 2.73. The SMILES string of the molecule is O=Cc1cn(Cc2ccc(Cl)c(CO)c2)c2ccccc12. The predicted molar refractivity (Wildman–Crippen MR) is 83.8 cm³/mol. The van der Waals surface area contributed by atoms with Crippen LogP contribution in [0.4, 0.5) is 0 Å². The standard InChI is InChI=1S/C17H14ClNO2/c18-16-6-5-12(7-13(16)10-20)8-19-9-14(11-21)15-3-1-2-4-17(15)19/h1-7,9,11,20H,8,10H2. The molecule has 3 rings (SSSR count). The van der Waals surface area contributed by atoms with E-state index < -0.39 is 0 Å². The number of fused-ring (bicyclic) bond motifs is 1. The fourth-order valence-corrected chi connectivity index (χ4v) is 2.72. The first-order valence-corrected chi connectivity index (χ1v) is 7.02. The Hall–Kier alpha value is -2.10. The molecule has 1 heterocycles. The highest BCUT2D eigenvalue weighted by atomic mass is 35.5. The maximum atomic E-state index is 11.2. The number of aldehydes is 1. The number of halogens is 1. The van der Waals surface area contributed by atoms with E-state index >= 15 is 0 Å². The highest BCUT2D eigenvalue weighted by Gasteiger charge is 2.08. The topological polar surface area (TPSA) is 42.2 Å². The molecule has 4 heteroatoms. The summed E-state index contributed by atoms with van der Waals surface area (Å²) in [4.78, 5) is 11.2. The van der Waals surface area contributed by atoms with Gasteiger partial charge in [-0.2, -0.15) is 0 Å². The molecule has 0 radical (unpaired) electrons. The molecule has 1 N–H and O–H groups in total. The minimum atomic E-state index is -0.0846. The van der Waals surface area contributed by atoms with Crippen LogP contribution < -0.4 is 0 Å². The van der Waals surface area contributed by atoms with Gasteiger partial charge in [0.25, 0.3) is 0 Å². The van der Waals surface area contributed by atoms with Gasteiger partial charge in [-0.3, -0.25) is 4.79 Å². The van der Waals surface area contributed by atoms with Gasteiger partial charge in [0.15, 0.2) is 6.29 Å². The molecule has 3 nitrogen and oxygen atoms in total. The number of para-hydroxylation sites is 1. The van der Waals surface area contributed by atoms with E-state index in [-0.39, 0.29) is 6.61 Å². The zero-order valence-corrected chi connectivity index (χ0v) is 12.0. The van der Waals surface area contributed by atoms with Gasteiger partial charge in [0.2, 0.25) is 0 Å². The lowest BCUT2D eigenvalue weighted by atomic mass is 10.1. The molecule has 0 aliphatic rings. The third-order valence-electron chi connectivity index (χ3n) is 3.58. The summed E-state index contributed by atoms with van der Waals surface area (Å²) in [6, 6.07) is 13.4. The van der Waals surface area contributed by atoms with Crippen LogP contribution in [0, 0.1) is 0 Å². The summed E-state index contributed by atoms with van der Waals surface area (Å²) >= 11 is 6.01. The van der Waals surface area contributed by atoms with Crippen molar-refractivity contribution in [1.29, 1.82) is 0 Å². The van der Waals surface area contributed by atoms with E-state index in [0.29, 0.717) is 22.7 Å². The first-order valence-electron chi connectivity index (χ1n) is 6.64. The smallest absolute Gasteiger partial charge is 0.152 e. The van der Waals surface area contributed by atoms with E-state index in [4.69, 9.17) is 11.6 Å². The first kappa shape index (κ1) is 13.9. The molecule has 106 valence electrons. The van der Waals surface area contributed by atoms with Crippen LogP contribution >= 0.6 is 11.6 Å². The number of hydrogen-bond acceptors (Lipinski definition) is 2. The van der Waals surface area contributed by atoms with Crippen molar-refractivity contribution in [3.05, 3.63) is 70.4 Å². The van der Waals surface area contributed by atoms with Crippen molar-refractivity contribution in [3.63, 3.8) is 0 Å². The fourth-order valence-electron chi connectivity index (χ4n) is 2.54. The lowest BCUT2D eigenvalue weighted by Gasteiger charge is -2.08. The van der Waals surface area contributed by atoms with E-state index in [0.717, 1.165) is 22.8 Å². The molecule has 0 saturated heterocycles. The van der Waals surface area contributed by atoms with Crippen LogP contribution in [0.2, 0.25) is 5.02 Å². The Morgan fingerprint density at radius 2 is 2.00 bits per heavy atom. The third kappa shape index (κ3) is 2.58. The number of aliphatic hydroxyl groups is 1. The minimum Gasteiger partial charge on any atom is -0.392 e. The Morgan fingerprint density at radius 1 is 1.19 bits per heavy atom. The molecule has 3 aromatic rings. The van der Waals surface area contributed by atoms with Crippen molar-refractivity contribution in [2.24, 2.45) is 0 Å². The Bertz CT molecular complexity index is 808. The van der Waals surface area contributed by atoms with Gasteiger partial charge < -0.3 is 9.67 Å². The second-order valence-electron chi connectivity index (χ2n) is 4.93. The van der Waals surface area contributed by atoms with Gasteiger partial charge in [-0.1, -0.05) is 41.9 Å². The van der Waals surface area contributed by atoms with E-state index in [2.05, 4.69) is 0 Å². The molecule has 0 unspecified atom stereocenters. The quantitative estimate of drug-likeness (QED) is 0.747. The number of aliphatic hydroxyl groups excluding tert-OH is 1. The van der Waals surface area contributed by atoms with Crippen LogP contribution in [0.1, 0.15) is 21.5 Å². The molecule has 0 aliphatic heterocycles. The molecule has 0 bridgehead atoms.